The maximum absolute atomic E-state index is 13.1. The number of carbonyl (C=O) groups is 3. The van der Waals surface area contributed by atoms with Gasteiger partial charge in [0.25, 0.3) is 5.91 Å². The number of ether oxygens (including phenoxy) is 2. The van der Waals surface area contributed by atoms with Crippen LogP contribution in [0, 0.1) is 0 Å². The van der Waals surface area contributed by atoms with Gasteiger partial charge in [0.2, 0.25) is 12.0 Å². The van der Waals surface area contributed by atoms with Gasteiger partial charge in [0.05, 0.1) is 0 Å². The van der Waals surface area contributed by atoms with E-state index in [1.807, 2.05) is 42.5 Å². The van der Waals surface area contributed by atoms with Crippen LogP contribution in [-0.2, 0) is 16.0 Å². The normalized spacial score (nSPS) is 18.6. The predicted molar refractivity (Wildman–Crippen MR) is 116 cm³/mol. The minimum Gasteiger partial charge on any atom is -0.485 e. The first kappa shape index (κ1) is 21.5. The summed E-state index contributed by atoms with van der Waals surface area (Å²) in [5.41, 5.74) is 6.21. The molecule has 9 heteroatoms. The monoisotopic (exact) mass is 438 g/mol. The molecule has 2 atom stereocenters. The molecule has 2 aromatic rings. The lowest BCUT2D eigenvalue weighted by atomic mass is 10.0. The molecule has 1 fully saturated rings. The van der Waals surface area contributed by atoms with Gasteiger partial charge in [-0.2, -0.15) is 0 Å². The zero-order valence-electron chi connectivity index (χ0n) is 17.6. The van der Waals surface area contributed by atoms with E-state index in [1.165, 1.54) is 0 Å². The highest BCUT2D eigenvalue weighted by Gasteiger charge is 2.34. The number of hydrogen-bond acceptors (Lipinski definition) is 5. The Kier molecular flexibility index (Phi) is 6.44. The number of amides is 4. The van der Waals surface area contributed by atoms with Crippen LogP contribution in [0.2, 0.25) is 0 Å². The van der Waals surface area contributed by atoms with Crippen LogP contribution in [-0.4, -0.2) is 72.6 Å². The van der Waals surface area contributed by atoms with Crippen molar-refractivity contribution >= 4 is 17.8 Å². The second kappa shape index (κ2) is 9.59. The summed E-state index contributed by atoms with van der Waals surface area (Å²) in [6.07, 6.45) is -0.372. The van der Waals surface area contributed by atoms with Crippen molar-refractivity contribution in [1.29, 1.82) is 0 Å². The van der Waals surface area contributed by atoms with Crippen LogP contribution in [0.15, 0.2) is 54.6 Å². The quantitative estimate of drug-likeness (QED) is 0.716. The second-order valence-electron chi connectivity index (χ2n) is 7.77. The molecule has 0 bridgehead atoms. The third kappa shape index (κ3) is 4.93. The Morgan fingerprint density at radius 3 is 2.25 bits per heavy atom. The summed E-state index contributed by atoms with van der Waals surface area (Å²) in [5.74, 6) is 0.791. The van der Waals surface area contributed by atoms with Crippen molar-refractivity contribution in [3.8, 4) is 11.5 Å². The Hall–Kier alpha value is -3.75. The van der Waals surface area contributed by atoms with E-state index in [1.54, 1.807) is 21.9 Å². The van der Waals surface area contributed by atoms with Crippen LogP contribution in [0.3, 0.4) is 0 Å². The molecule has 0 spiro atoms. The summed E-state index contributed by atoms with van der Waals surface area (Å²) in [7, 11) is 0. The fourth-order valence-electron chi connectivity index (χ4n) is 3.93. The number of para-hydroxylation sites is 2. The van der Waals surface area contributed by atoms with E-state index < -0.39 is 18.2 Å². The van der Waals surface area contributed by atoms with E-state index in [0.717, 1.165) is 5.56 Å². The van der Waals surface area contributed by atoms with Crippen molar-refractivity contribution in [2.24, 2.45) is 5.73 Å². The molecule has 2 heterocycles. The molecule has 168 valence electrons. The molecular formula is C23H26N4O5. The molecule has 2 aromatic carbocycles. The Morgan fingerprint density at radius 2 is 1.56 bits per heavy atom. The minimum absolute atomic E-state index is 0.149. The van der Waals surface area contributed by atoms with Gasteiger partial charge >= 0.3 is 6.03 Å². The van der Waals surface area contributed by atoms with Crippen molar-refractivity contribution < 1.29 is 23.9 Å². The zero-order chi connectivity index (χ0) is 22.5. The highest BCUT2D eigenvalue weighted by molar-refractivity contribution is 5.87. The third-order valence-corrected chi connectivity index (χ3v) is 5.58. The average Bonchev–Trinajstić information content (AvgIpc) is 2.83. The number of piperazine rings is 1. The van der Waals surface area contributed by atoms with Gasteiger partial charge in [-0.3, -0.25) is 9.59 Å². The van der Waals surface area contributed by atoms with Gasteiger partial charge in [-0.15, -0.1) is 0 Å². The molecule has 0 aromatic heterocycles. The van der Waals surface area contributed by atoms with Gasteiger partial charge < -0.3 is 30.3 Å². The van der Waals surface area contributed by atoms with E-state index in [9.17, 15) is 14.4 Å². The SMILES string of the molecule is NC(=O)NC(Cc1ccccc1)C(=O)N1CCN(C(=O)C2COc3ccccc3O2)CC1. The van der Waals surface area contributed by atoms with E-state index in [2.05, 4.69) is 5.32 Å². The molecule has 3 N–H and O–H groups in total. The average molecular weight is 438 g/mol. The van der Waals surface area contributed by atoms with Gasteiger partial charge in [-0.05, 0) is 17.7 Å². The molecule has 1 saturated heterocycles. The van der Waals surface area contributed by atoms with Crippen LogP contribution < -0.4 is 20.5 Å². The second-order valence-corrected chi connectivity index (χ2v) is 7.77. The lowest BCUT2D eigenvalue weighted by Gasteiger charge is -2.38. The molecule has 2 unspecified atom stereocenters. The molecule has 2 aliphatic heterocycles. The third-order valence-electron chi connectivity index (χ3n) is 5.58. The van der Waals surface area contributed by atoms with Gasteiger partial charge in [-0.25, -0.2) is 4.79 Å². The van der Waals surface area contributed by atoms with E-state index in [4.69, 9.17) is 15.2 Å². The summed E-state index contributed by atoms with van der Waals surface area (Å²) < 4.78 is 11.5. The van der Waals surface area contributed by atoms with Gasteiger partial charge in [0.15, 0.2) is 11.5 Å². The van der Waals surface area contributed by atoms with Crippen LogP contribution in [0.25, 0.3) is 0 Å². The van der Waals surface area contributed by atoms with Crippen LogP contribution >= 0.6 is 0 Å². The fraction of sp³-hybridized carbons (Fsp3) is 0.348. The summed E-state index contributed by atoms with van der Waals surface area (Å²) in [6.45, 7) is 1.62. The zero-order valence-corrected chi connectivity index (χ0v) is 17.6. The first-order chi connectivity index (χ1) is 15.5. The first-order valence-electron chi connectivity index (χ1n) is 10.6. The highest BCUT2D eigenvalue weighted by Crippen LogP contribution is 2.31. The largest absolute Gasteiger partial charge is 0.485 e. The van der Waals surface area contributed by atoms with Crippen molar-refractivity contribution in [2.75, 3.05) is 32.8 Å². The van der Waals surface area contributed by atoms with Crippen molar-refractivity contribution in [3.63, 3.8) is 0 Å². The summed E-state index contributed by atoms with van der Waals surface area (Å²) >= 11 is 0. The summed E-state index contributed by atoms with van der Waals surface area (Å²) in [5, 5.41) is 2.55. The minimum atomic E-state index is -0.760. The number of nitrogens with two attached hydrogens (primary N) is 1. The van der Waals surface area contributed by atoms with Crippen molar-refractivity contribution in [2.45, 2.75) is 18.6 Å². The number of fused-ring (bicyclic) bond motifs is 1. The Morgan fingerprint density at radius 1 is 0.938 bits per heavy atom. The predicted octanol–water partition coefficient (Wildman–Crippen LogP) is 0.777. The number of carbonyl (C=O) groups excluding carboxylic acids is 3. The molecule has 2 aliphatic rings. The lowest BCUT2D eigenvalue weighted by Crippen LogP contribution is -2.58. The van der Waals surface area contributed by atoms with Gasteiger partial charge in [-0.1, -0.05) is 42.5 Å². The smallest absolute Gasteiger partial charge is 0.312 e. The lowest BCUT2D eigenvalue weighted by molar-refractivity contribution is -0.146. The first-order valence-corrected chi connectivity index (χ1v) is 10.6. The number of nitrogens with one attached hydrogen (secondary N) is 1. The molecule has 0 aliphatic carbocycles. The number of nitrogens with zero attached hydrogens (tertiary/aromatic N) is 2. The maximum Gasteiger partial charge on any atom is 0.312 e. The molecule has 0 saturated carbocycles. The number of hydrogen-bond donors (Lipinski definition) is 2. The number of primary amides is 1. The summed E-state index contributed by atoms with van der Waals surface area (Å²) in [4.78, 5) is 40.8. The maximum atomic E-state index is 13.1. The van der Waals surface area contributed by atoms with E-state index >= 15 is 0 Å². The molecular weight excluding hydrogens is 412 g/mol. The Balaban J connectivity index is 1.34. The van der Waals surface area contributed by atoms with Gasteiger partial charge in [0, 0.05) is 32.6 Å². The Labute approximate surface area is 186 Å². The van der Waals surface area contributed by atoms with Crippen molar-refractivity contribution in [1.82, 2.24) is 15.1 Å². The number of rotatable bonds is 5. The topological polar surface area (TPSA) is 114 Å². The standard InChI is InChI=1S/C23H26N4O5/c24-23(30)25-17(14-16-6-2-1-3-7-16)21(28)26-10-12-27(13-11-26)22(29)20-15-31-18-8-4-5-9-19(18)32-20/h1-9,17,20H,10-15H2,(H3,24,25,30). The highest BCUT2D eigenvalue weighted by atomic mass is 16.6. The molecule has 32 heavy (non-hydrogen) atoms. The molecule has 9 nitrogen and oxygen atoms in total. The fourth-order valence-corrected chi connectivity index (χ4v) is 3.93. The van der Waals surface area contributed by atoms with E-state index in [0.29, 0.717) is 44.1 Å². The van der Waals surface area contributed by atoms with Crippen molar-refractivity contribution in [3.05, 3.63) is 60.2 Å². The van der Waals surface area contributed by atoms with Crippen LogP contribution in [0.1, 0.15) is 5.56 Å². The number of benzene rings is 2. The molecule has 4 amide bonds. The summed E-state index contributed by atoms with van der Waals surface area (Å²) in [6, 6.07) is 15.2. The number of urea groups is 1. The Bertz CT molecular complexity index is 975. The van der Waals surface area contributed by atoms with Crippen LogP contribution in [0.5, 0.6) is 11.5 Å². The molecule has 4 rings (SSSR count). The van der Waals surface area contributed by atoms with Gasteiger partial charge in [0.1, 0.15) is 12.6 Å². The van der Waals surface area contributed by atoms with E-state index in [-0.39, 0.29) is 18.4 Å². The molecule has 0 radical (unpaired) electrons. The van der Waals surface area contributed by atoms with Crippen LogP contribution in [0.4, 0.5) is 4.79 Å².